The summed E-state index contributed by atoms with van der Waals surface area (Å²) in [4.78, 5) is 9.62. The van der Waals surface area contributed by atoms with E-state index in [9.17, 15) is 4.79 Å². The molecule has 0 saturated heterocycles. The molecule has 33 valence electrons. The van der Waals surface area contributed by atoms with E-state index in [-0.39, 0.29) is 5.92 Å². The Bertz CT molecular complexity index is 49.0. The van der Waals surface area contributed by atoms with Crippen LogP contribution in [-0.2, 0) is 4.79 Å². The molecule has 1 heteroatoms. The number of hydrogen-bond acceptors (Lipinski definition) is 1. The van der Waals surface area contributed by atoms with Crippen molar-refractivity contribution in [3.63, 3.8) is 0 Å². The van der Waals surface area contributed by atoms with Gasteiger partial charge in [-0.3, -0.25) is 0 Å². The number of allylic oxidation sites excluding steroid dienone is 1. The Kier molecular flexibility index (Phi) is 2.38. The highest BCUT2D eigenvalue weighted by Gasteiger charge is 1.84. The number of rotatable bonds is 2. The van der Waals surface area contributed by atoms with Gasteiger partial charge in [-0.05, 0) is 0 Å². The van der Waals surface area contributed by atoms with E-state index in [1.165, 1.54) is 6.08 Å². The molecule has 0 aromatic carbocycles. The highest BCUT2D eigenvalue weighted by Crippen LogP contribution is 1.84. The van der Waals surface area contributed by atoms with Crippen LogP contribution >= 0.6 is 0 Å². The van der Waals surface area contributed by atoms with Crippen molar-refractivity contribution in [2.75, 3.05) is 0 Å². The summed E-state index contributed by atoms with van der Waals surface area (Å²) < 4.78 is 0. The molecule has 6 heavy (non-hydrogen) atoms. The van der Waals surface area contributed by atoms with Crippen LogP contribution in [0.4, 0.5) is 0 Å². The molecule has 0 rings (SSSR count). The van der Waals surface area contributed by atoms with Crippen molar-refractivity contribution < 1.29 is 4.79 Å². The molecule has 1 nitrogen and oxygen atoms in total. The summed E-state index contributed by atoms with van der Waals surface area (Å²) in [5, 5.41) is 0. The van der Waals surface area contributed by atoms with Crippen molar-refractivity contribution in [1.82, 2.24) is 0 Å². The quantitative estimate of drug-likeness (QED) is 0.451. The van der Waals surface area contributed by atoms with Gasteiger partial charge in [0.2, 0.25) is 0 Å². The van der Waals surface area contributed by atoms with E-state index in [1.807, 2.05) is 0 Å². The van der Waals surface area contributed by atoms with Gasteiger partial charge in [-0.15, -0.1) is 0 Å². The van der Waals surface area contributed by atoms with E-state index in [1.54, 1.807) is 6.92 Å². The highest BCUT2D eigenvalue weighted by atomic mass is 16.1. The molecule has 1 atom stereocenters. The fourth-order valence-corrected chi connectivity index (χ4v) is 0.0454. The SMILES string of the molecule is [CH]=CC(C)C=O. The van der Waals surface area contributed by atoms with Gasteiger partial charge in [0, 0.05) is 5.92 Å². The van der Waals surface area contributed by atoms with E-state index in [4.69, 9.17) is 6.58 Å². The Morgan fingerprint density at radius 3 is 2.33 bits per heavy atom. The molecule has 0 N–H and O–H groups in total. The van der Waals surface area contributed by atoms with Crippen molar-refractivity contribution in [1.29, 1.82) is 0 Å². The summed E-state index contributed by atoms with van der Waals surface area (Å²) in [7, 11) is 0. The minimum Gasteiger partial charge on any atom is -0.303 e. The zero-order chi connectivity index (χ0) is 4.99. The van der Waals surface area contributed by atoms with Gasteiger partial charge in [-0.1, -0.05) is 19.6 Å². The summed E-state index contributed by atoms with van der Waals surface area (Å²) in [5.74, 6) is -0.0926. The first-order valence-electron chi connectivity index (χ1n) is 1.81. The summed E-state index contributed by atoms with van der Waals surface area (Å²) in [5.41, 5.74) is 0. The summed E-state index contributed by atoms with van der Waals surface area (Å²) in [6.45, 7) is 6.66. The smallest absolute Gasteiger partial charge is 0.126 e. The molecule has 0 spiro atoms. The minimum atomic E-state index is -0.0926. The zero-order valence-electron chi connectivity index (χ0n) is 3.72. The number of carbonyl (C=O) groups is 1. The summed E-state index contributed by atoms with van der Waals surface area (Å²) in [6.07, 6.45) is 2.15. The minimum absolute atomic E-state index is 0.0926. The number of hydrogen-bond donors (Lipinski definition) is 0. The first-order valence-corrected chi connectivity index (χ1v) is 1.81. The Labute approximate surface area is 37.7 Å². The Balaban J connectivity index is 3.21. The van der Waals surface area contributed by atoms with Crippen molar-refractivity contribution >= 4 is 6.29 Å². The highest BCUT2D eigenvalue weighted by molar-refractivity contribution is 5.55. The van der Waals surface area contributed by atoms with E-state index >= 15 is 0 Å². The molecule has 0 aliphatic carbocycles. The summed E-state index contributed by atoms with van der Waals surface area (Å²) in [6, 6.07) is 0. The van der Waals surface area contributed by atoms with Crippen LogP contribution in [0.2, 0.25) is 0 Å². The monoisotopic (exact) mass is 83.0 g/mol. The normalized spacial score (nSPS) is 12.8. The van der Waals surface area contributed by atoms with Crippen LogP contribution in [0.1, 0.15) is 6.92 Å². The van der Waals surface area contributed by atoms with Crippen LogP contribution in [0.15, 0.2) is 6.08 Å². The number of carbonyl (C=O) groups excluding carboxylic acids is 1. The molecule has 0 fully saturated rings. The van der Waals surface area contributed by atoms with Crippen LogP contribution in [0.25, 0.3) is 0 Å². The van der Waals surface area contributed by atoms with Gasteiger partial charge in [0.15, 0.2) is 0 Å². The number of aldehydes is 1. The maximum Gasteiger partial charge on any atom is 0.126 e. The molecule has 0 bridgehead atoms. The van der Waals surface area contributed by atoms with E-state index in [0.717, 1.165) is 6.29 Å². The second kappa shape index (κ2) is 2.64. The van der Waals surface area contributed by atoms with E-state index < -0.39 is 0 Å². The second-order valence-corrected chi connectivity index (χ2v) is 1.19. The fraction of sp³-hybridized carbons (Fsp3) is 0.400. The lowest BCUT2D eigenvalue weighted by atomic mass is 10.2. The standard InChI is InChI=1S/C5H7O/c1-3-5(2)4-6/h1,3-5H,2H3. The van der Waals surface area contributed by atoms with Gasteiger partial charge in [0.1, 0.15) is 6.29 Å². The molecular weight excluding hydrogens is 76.1 g/mol. The maximum atomic E-state index is 9.62. The Morgan fingerprint density at radius 1 is 1.83 bits per heavy atom. The summed E-state index contributed by atoms with van der Waals surface area (Å²) >= 11 is 0. The third-order valence-corrected chi connectivity index (χ3v) is 0.518. The van der Waals surface area contributed by atoms with Crippen molar-refractivity contribution in [2.24, 2.45) is 5.92 Å². The van der Waals surface area contributed by atoms with Crippen LogP contribution < -0.4 is 0 Å². The van der Waals surface area contributed by atoms with Gasteiger partial charge in [-0.25, -0.2) is 0 Å². The van der Waals surface area contributed by atoms with Gasteiger partial charge < -0.3 is 4.79 Å². The second-order valence-electron chi connectivity index (χ2n) is 1.19. The zero-order valence-corrected chi connectivity index (χ0v) is 3.72. The first kappa shape index (κ1) is 5.41. The van der Waals surface area contributed by atoms with Gasteiger partial charge in [-0.2, -0.15) is 0 Å². The predicted molar refractivity (Wildman–Crippen MR) is 24.1 cm³/mol. The molecule has 0 aromatic heterocycles. The largest absolute Gasteiger partial charge is 0.303 e. The third kappa shape index (κ3) is 1.70. The van der Waals surface area contributed by atoms with Crippen LogP contribution in [-0.4, -0.2) is 6.29 Å². The lowest BCUT2D eigenvalue weighted by Crippen LogP contribution is -1.85. The topological polar surface area (TPSA) is 17.1 Å². The third-order valence-electron chi connectivity index (χ3n) is 0.518. The molecule has 0 aliphatic rings. The van der Waals surface area contributed by atoms with Gasteiger partial charge >= 0.3 is 0 Å². The molecular formula is C5H7O. The predicted octanol–water partition coefficient (Wildman–Crippen LogP) is 0.811. The molecule has 1 unspecified atom stereocenters. The van der Waals surface area contributed by atoms with E-state index in [0.29, 0.717) is 0 Å². The van der Waals surface area contributed by atoms with Crippen molar-refractivity contribution in [3.8, 4) is 0 Å². The molecule has 0 aliphatic heterocycles. The lowest BCUT2D eigenvalue weighted by molar-refractivity contribution is -0.109. The van der Waals surface area contributed by atoms with E-state index in [2.05, 4.69) is 0 Å². The average molecular weight is 83.1 g/mol. The Morgan fingerprint density at radius 2 is 2.33 bits per heavy atom. The molecule has 0 aromatic rings. The van der Waals surface area contributed by atoms with Gasteiger partial charge in [0.05, 0.1) is 0 Å². The van der Waals surface area contributed by atoms with Crippen molar-refractivity contribution in [2.45, 2.75) is 6.92 Å². The molecule has 1 radical (unpaired) electrons. The first-order chi connectivity index (χ1) is 2.81. The van der Waals surface area contributed by atoms with Crippen LogP contribution in [0.5, 0.6) is 0 Å². The van der Waals surface area contributed by atoms with Crippen LogP contribution in [0, 0.1) is 12.5 Å². The molecule has 0 heterocycles. The fourth-order valence-electron chi connectivity index (χ4n) is 0.0454. The molecule has 0 saturated carbocycles. The van der Waals surface area contributed by atoms with Gasteiger partial charge in [0.25, 0.3) is 0 Å². The average Bonchev–Trinajstić information content (AvgIpc) is 1.65. The molecule has 0 amide bonds. The van der Waals surface area contributed by atoms with Crippen molar-refractivity contribution in [3.05, 3.63) is 12.7 Å². The lowest BCUT2D eigenvalue weighted by Gasteiger charge is -1.83. The van der Waals surface area contributed by atoms with Crippen LogP contribution in [0.3, 0.4) is 0 Å². The maximum absolute atomic E-state index is 9.62. The Hall–Kier alpha value is -0.590.